The molecule has 1 N–H and O–H groups in total. The van der Waals surface area contributed by atoms with Gasteiger partial charge in [-0.05, 0) is 40.5 Å². The van der Waals surface area contributed by atoms with E-state index >= 15 is 0 Å². The van der Waals surface area contributed by atoms with Crippen LogP contribution in [0.15, 0.2) is 0 Å². The first-order valence-corrected chi connectivity index (χ1v) is 8.13. The molecule has 0 aromatic heterocycles. The zero-order valence-electron chi connectivity index (χ0n) is 14.5. The molecule has 1 rings (SSSR count). The van der Waals surface area contributed by atoms with Crippen LogP contribution in [0.2, 0.25) is 0 Å². The van der Waals surface area contributed by atoms with Crippen LogP contribution in [0.5, 0.6) is 0 Å². The number of rotatable bonds is 6. The van der Waals surface area contributed by atoms with Crippen LogP contribution in [0.1, 0.15) is 53.4 Å². The standard InChI is InChI=1S/C16H29F2NO4/c1-12(20)11-22-10-9-19(14(21)23-15(2,3)4)13-5-7-16(17,18)8-6-13/h12-13,20H,5-11H2,1-4H3. The number of nitrogens with zero attached hydrogens (tertiary/aromatic N) is 1. The maximum Gasteiger partial charge on any atom is 0.410 e. The zero-order valence-corrected chi connectivity index (χ0v) is 14.5. The van der Waals surface area contributed by atoms with Crippen LogP contribution in [0.25, 0.3) is 0 Å². The molecule has 5 nitrogen and oxygen atoms in total. The molecular formula is C16H29F2NO4. The van der Waals surface area contributed by atoms with E-state index in [4.69, 9.17) is 9.47 Å². The summed E-state index contributed by atoms with van der Waals surface area (Å²) in [5.74, 6) is -2.64. The van der Waals surface area contributed by atoms with Crippen molar-refractivity contribution in [2.24, 2.45) is 0 Å². The molecule has 23 heavy (non-hydrogen) atoms. The van der Waals surface area contributed by atoms with Gasteiger partial charge in [0.2, 0.25) is 5.92 Å². The first-order valence-electron chi connectivity index (χ1n) is 8.13. The number of amides is 1. The Bertz CT molecular complexity index is 373. The lowest BCUT2D eigenvalue weighted by molar-refractivity contribution is -0.0603. The van der Waals surface area contributed by atoms with Gasteiger partial charge in [0.05, 0.1) is 19.3 Å². The Morgan fingerprint density at radius 1 is 1.35 bits per heavy atom. The van der Waals surface area contributed by atoms with Crippen molar-refractivity contribution in [3.8, 4) is 0 Å². The fourth-order valence-corrected chi connectivity index (χ4v) is 2.50. The van der Waals surface area contributed by atoms with E-state index in [2.05, 4.69) is 0 Å². The van der Waals surface area contributed by atoms with Crippen LogP contribution in [0, 0.1) is 0 Å². The van der Waals surface area contributed by atoms with Crippen molar-refractivity contribution in [3.63, 3.8) is 0 Å². The SMILES string of the molecule is CC(O)COCCN(C(=O)OC(C)(C)C)C1CCC(F)(F)CC1. The second kappa shape index (κ2) is 8.24. The Kier molecular flexibility index (Phi) is 7.20. The molecule has 1 amide bonds. The Hall–Kier alpha value is -0.950. The summed E-state index contributed by atoms with van der Waals surface area (Å²) in [4.78, 5) is 13.8. The van der Waals surface area contributed by atoms with Gasteiger partial charge >= 0.3 is 6.09 Å². The number of hydrogen-bond acceptors (Lipinski definition) is 4. The number of aliphatic hydroxyl groups excluding tert-OH is 1. The Balaban J connectivity index is 2.62. The summed E-state index contributed by atoms with van der Waals surface area (Å²) in [6.45, 7) is 7.57. The van der Waals surface area contributed by atoms with Crippen molar-refractivity contribution in [1.29, 1.82) is 0 Å². The molecule has 0 aliphatic heterocycles. The van der Waals surface area contributed by atoms with E-state index in [-0.39, 0.29) is 51.5 Å². The summed E-state index contributed by atoms with van der Waals surface area (Å²) in [6.07, 6.45) is -1.02. The second-order valence-electron chi connectivity index (χ2n) is 7.18. The molecule has 7 heteroatoms. The minimum atomic E-state index is -2.64. The fraction of sp³-hybridized carbons (Fsp3) is 0.938. The van der Waals surface area contributed by atoms with E-state index in [1.165, 1.54) is 4.90 Å². The van der Waals surface area contributed by atoms with E-state index < -0.39 is 23.7 Å². The number of alkyl halides is 2. The van der Waals surface area contributed by atoms with Crippen LogP contribution < -0.4 is 0 Å². The smallest absolute Gasteiger partial charge is 0.410 e. The lowest BCUT2D eigenvalue weighted by Crippen LogP contribution is -2.47. The number of carbonyl (C=O) groups is 1. The third kappa shape index (κ3) is 7.92. The predicted octanol–water partition coefficient (Wildman–Crippen LogP) is 3.20. The van der Waals surface area contributed by atoms with Gasteiger partial charge in [0.25, 0.3) is 0 Å². The zero-order chi connectivity index (χ0) is 17.7. The minimum absolute atomic E-state index is 0.172. The molecule has 0 aromatic carbocycles. The highest BCUT2D eigenvalue weighted by atomic mass is 19.3. The predicted molar refractivity (Wildman–Crippen MR) is 82.6 cm³/mol. The lowest BCUT2D eigenvalue weighted by atomic mass is 9.91. The van der Waals surface area contributed by atoms with Gasteiger partial charge in [-0.25, -0.2) is 13.6 Å². The molecule has 0 aromatic rings. The van der Waals surface area contributed by atoms with Gasteiger partial charge in [0.1, 0.15) is 5.60 Å². The molecule has 0 radical (unpaired) electrons. The van der Waals surface area contributed by atoms with Crippen LogP contribution >= 0.6 is 0 Å². The summed E-state index contributed by atoms with van der Waals surface area (Å²) in [6, 6.07) is -0.264. The molecule has 0 saturated heterocycles. The highest BCUT2D eigenvalue weighted by Crippen LogP contribution is 2.35. The van der Waals surface area contributed by atoms with Crippen LogP contribution in [0.4, 0.5) is 13.6 Å². The summed E-state index contributed by atoms with van der Waals surface area (Å²) >= 11 is 0. The fourth-order valence-electron chi connectivity index (χ4n) is 2.50. The summed E-state index contributed by atoms with van der Waals surface area (Å²) in [5.41, 5.74) is -0.644. The van der Waals surface area contributed by atoms with Gasteiger partial charge in [-0.3, -0.25) is 0 Å². The van der Waals surface area contributed by atoms with E-state index in [9.17, 15) is 18.7 Å². The van der Waals surface area contributed by atoms with Crippen molar-refractivity contribution in [1.82, 2.24) is 4.90 Å². The number of ether oxygens (including phenoxy) is 2. The number of aliphatic hydroxyl groups is 1. The van der Waals surface area contributed by atoms with Crippen molar-refractivity contribution in [2.75, 3.05) is 19.8 Å². The molecule has 136 valence electrons. The molecule has 1 aliphatic carbocycles. The molecule has 1 saturated carbocycles. The van der Waals surface area contributed by atoms with E-state index in [1.54, 1.807) is 27.7 Å². The minimum Gasteiger partial charge on any atom is -0.444 e. The van der Waals surface area contributed by atoms with Crippen LogP contribution in [-0.4, -0.2) is 59.5 Å². The van der Waals surface area contributed by atoms with Gasteiger partial charge in [0, 0.05) is 25.4 Å². The number of halogens is 2. The highest BCUT2D eigenvalue weighted by Gasteiger charge is 2.39. The monoisotopic (exact) mass is 337 g/mol. The normalized spacial score (nSPS) is 20.1. The van der Waals surface area contributed by atoms with E-state index in [0.717, 1.165) is 0 Å². The molecule has 1 fully saturated rings. The second-order valence-corrected chi connectivity index (χ2v) is 7.18. The van der Waals surface area contributed by atoms with E-state index in [0.29, 0.717) is 0 Å². The van der Waals surface area contributed by atoms with Crippen LogP contribution in [0.3, 0.4) is 0 Å². The van der Waals surface area contributed by atoms with Crippen molar-refractivity contribution < 1.29 is 28.2 Å². The average Bonchev–Trinajstić information content (AvgIpc) is 2.37. The van der Waals surface area contributed by atoms with Gasteiger partial charge in [-0.2, -0.15) is 0 Å². The highest BCUT2D eigenvalue weighted by molar-refractivity contribution is 5.68. The van der Waals surface area contributed by atoms with Gasteiger partial charge in [0.15, 0.2) is 0 Å². The molecule has 1 aliphatic rings. The quantitative estimate of drug-likeness (QED) is 0.756. The molecule has 0 bridgehead atoms. The van der Waals surface area contributed by atoms with Gasteiger partial charge in [-0.1, -0.05) is 0 Å². The third-order valence-corrected chi connectivity index (χ3v) is 3.59. The number of carbonyl (C=O) groups excluding carboxylic acids is 1. The molecule has 1 atom stereocenters. The van der Waals surface area contributed by atoms with Crippen molar-refractivity contribution in [2.45, 2.75) is 77.0 Å². The number of hydrogen-bond donors (Lipinski definition) is 1. The first kappa shape index (κ1) is 20.1. The Morgan fingerprint density at radius 3 is 2.39 bits per heavy atom. The molecular weight excluding hydrogens is 308 g/mol. The summed E-state index contributed by atoms with van der Waals surface area (Å²) in [5, 5.41) is 9.17. The van der Waals surface area contributed by atoms with E-state index in [1.807, 2.05) is 0 Å². The Morgan fingerprint density at radius 2 is 1.91 bits per heavy atom. The van der Waals surface area contributed by atoms with Gasteiger partial charge < -0.3 is 19.5 Å². The lowest BCUT2D eigenvalue weighted by Gasteiger charge is -2.37. The maximum atomic E-state index is 13.3. The molecule has 0 heterocycles. The third-order valence-electron chi connectivity index (χ3n) is 3.59. The van der Waals surface area contributed by atoms with Crippen molar-refractivity contribution >= 4 is 6.09 Å². The maximum absolute atomic E-state index is 13.3. The van der Waals surface area contributed by atoms with Crippen molar-refractivity contribution in [3.05, 3.63) is 0 Å². The topological polar surface area (TPSA) is 59.0 Å². The largest absolute Gasteiger partial charge is 0.444 e. The summed E-state index contributed by atoms with van der Waals surface area (Å²) in [7, 11) is 0. The first-order chi connectivity index (χ1) is 10.5. The molecule has 0 spiro atoms. The molecule has 1 unspecified atom stereocenters. The van der Waals surface area contributed by atoms with Crippen LogP contribution in [-0.2, 0) is 9.47 Å². The van der Waals surface area contributed by atoms with Gasteiger partial charge in [-0.15, -0.1) is 0 Å². The summed E-state index contributed by atoms with van der Waals surface area (Å²) < 4.78 is 37.3. The average molecular weight is 337 g/mol. The Labute approximate surface area is 136 Å².